The lowest BCUT2D eigenvalue weighted by Crippen LogP contribution is -2.50. The molecule has 2 aromatic heterocycles. The molecule has 0 unspecified atom stereocenters. The molecule has 4 aromatic rings. The zero-order valence-corrected chi connectivity index (χ0v) is 29.0. The quantitative estimate of drug-likeness (QED) is 0.183. The van der Waals surface area contributed by atoms with Gasteiger partial charge >= 0.3 is 6.09 Å². The van der Waals surface area contributed by atoms with Gasteiger partial charge in [-0.1, -0.05) is 45.4 Å². The first-order chi connectivity index (χ1) is 22.2. The average molecular weight is 635 g/mol. The predicted molar refractivity (Wildman–Crippen MR) is 188 cm³/mol. The van der Waals surface area contributed by atoms with Crippen molar-refractivity contribution in [2.24, 2.45) is 0 Å². The van der Waals surface area contributed by atoms with Gasteiger partial charge in [0.05, 0.1) is 25.3 Å². The standard InChI is InChI=1S/C34H46N6O4.C2H6.H2/c1-7-8-13-29-37-30-31(40(29)21-18-38-16-19-39(20-17-38)33(41)44-34(2,3)4)26-11-9-10-12-27(26)36-32(30)35-23-24-14-15-25(42-5)22-28(24)43-6;1-2;/h9-12,14-15,22H,7-8,13,16-21,23H2,1-6H3,(H,35,36);1-2H3;1H. The molecule has 10 heteroatoms. The smallest absolute Gasteiger partial charge is 0.410 e. The fraction of sp³-hybridized carbons (Fsp3) is 0.528. The molecule has 0 radical (unpaired) electrons. The minimum absolute atomic E-state index is 0. The van der Waals surface area contributed by atoms with Crippen LogP contribution >= 0.6 is 0 Å². The molecular weight excluding hydrogens is 580 g/mol. The molecule has 0 atom stereocenters. The van der Waals surface area contributed by atoms with E-state index < -0.39 is 5.60 Å². The third kappa shape index (κ3) is 8.40. The largest absolute Gasteiger partial charge is 0.497 e. The molecule has 0 saturated carbocycles. The molecule has 46 heavy (non-hydrogen) atoms. The fourth-order valence-electron chi connectivity index (χ4n) is 5.67. The van der Waals surface area contributed by atoms with Crippen LogP contribution in [0.25, 0.3) is 21.9 Å². The number of fused-ring (bicyclic) bond motifs is 3. The van der Waals surface area contributed by atoms with Gasteiger partial charge in [0, 0.05) is 70.7 Å². The Bertz CT molecular complexity index is 1590. The highest BCUT2D eigenvalue weighted by atomic mass is 16.6. The van der Waals surface area contributed by atoms with E-state index in [-0.39, 0.29) is 7.52 Å². The number of para-hydroxylation sites is 1. The summed E-state index contributed by atoms with van der Waals surface area (Å²) in [5.41, 5.74) is 3.44. The van der Waals surface area contributed by atoms with Gasteiger partial charge in [0.2, 0.25) is 0 Å². The molecule has 1 aliphatic heterocycles. The van der Waals surface area contributed by atoms with Crippen molar-refractivity contribution in [1.82, 2.24) is 24.3 Å². The number of nitrogens with zero attached hydrogens (tertiary/aromatic N) is 5. The van der Waals surface area contributed by atoms with Crippen LogP contribution in [0.3, 0.4) is 0 Å². The molecule has 1 aliphatic rings. The van der Waals surface area contributed by atoms with Crippen molar-refractivity contribution in [3.05, 3.63) is 53.9 Å². The van der Waals surface area contributed by atoms with Crippen LogP contribution in [-0.2, 0) is 24.2 Å². The molecule has 5 rings (SSSR count). The number of pyridine rings is 1. The van der Waals surface area contributed by atoms with Crippen LogP contribution in [0.5, 0.6) is 11.5 Å². The van der Waals surface area contributed by atoms with Crippen molar-refractivity contribution in [1.29, 1.82) is 0 Å². The van der Waals surface area contributed by atoms with Crippen LogP contribution in [-0.4, -0.2) is 83.0 Å². The summed E-state index contributed by atoms with van der Waals surface area (Å²) in [7, 11) is 3.32. The normalized spacial score (nSPS) is 13.8. The monoisotopic (exact) mass is 634 g/mol. The lowest BCUT2D eigenvalue weighted by molar-refractivity contribution is 0.0143. The Balaban J connectivity index is 0.00000196. The van der Waals surface area contributed by atoms with E-state index in [0.717, 1.165) is 96.1 Å². The second-order valence-corrected chi connectivity index (χ2v) is 12.3. The third-order valence-electron chi connectivity index (χ3n) is 8.02. The average Bonchev–Trinajstić information content (AvgIpc) is 3.44. The van der Waals surface area contributed by atoms with Crippen molar-refractivity contribution >= 4 is 33.8 Å². The number of nitrogens with one attached hydrogen (secondary N) is 1. The highest BCUT2D eigenvalue weighted by Gasteiger charge is 2.26. The number of carbonyl (C=O) groups is 1. The van der Waals surface area contributed by atoms with Crippen molar-refractivity contribution < 1.29 is 20.4 Å². The summed E-state index contributed by atoms with van der Waals surface area (Å²) in [6.07, 6.45) is 2.83. The molecule has 1 N–H and O–H groups in total. The first-order valence-corrected chi connectivity index (χ1v) is 16.6. The number of hydrogen-bond acceptors (Lipinski definition) is 8. The molecule has 0 spiro atoms. The van der Waals surface area contributed by atoms with Crippen LogP contribution in [0.1, 0.15) is 67.2 Å². The maximum atomic E-state index is 12.6. The molecular formula is C36H54N6O4. The minimum Gasteiger partial charge on any atom is -0.497 e. The van der Waals surface area contributed by atoms with Gasteiger partial charge in [-0.2, -0.15) is 0 Å². The molecule has 2 aromatic carbocycles. The molecule has 252 valence electrons. The maximum absolute atomic E-state index is 12.6. The zero-order valence-electron chi connectivity index (χ0n) is 29.0. The third-order valence-corrected chi connectivity index (χ3v) is 8.02. The number of aryl methyl sites for hydroxylation is 1. The highest BCUT2D eigenvalue weighted by molar-refractivity contribution is 6.07. The molecule has 0 aliphatic carbocycles. The summed E-state index contributed by atoms with van der Waals surface area (Å²) < 4.78 is 19.0. The molecule has 1 fully saturated rings. The number of rotatable bonds is 11. The van der Waals surface area contributed by atoms with Crippen LogP contribution in [0.15, 0.2) is 42.5 Å². The Morgan fingerprint density at radius 1 is 0.978 bits per heavy atom. The van der Waals surface area contributed by atoms with Crippen LogP contribution < -0.4 is 14.8 Å². The Morgan fingerprint density at radius 2 is 1.72 bits per heavy atom. The highest BCUT2D eigenvalue weighted by Crippen LogP contribution is 2.32. The lowest BCUT2D eigenvalue weighted by atomic mass is 10.1. The number of ether oxygens (including phenoxy) is 3. The number of benzene rings is 2. The number of unbranched alkanes of at least 4 members (excludes halogenated alkanes) is 1. The van der Waals surface area contributed by atoms with Crippen LogP contribution in [0.4, 0.5) is 10.6 Å². The van der Waals surface area contributed by atoms with Crippen molar-refractivity contribution in [2.75, 3.05) is 52.3 Å². The van der Waals surface area contributed by atoms with Crippen LogP contribution in [0.2, 0.25) is 0 Å². The topological polar surface area (TPSA) is 94.0 Å². The van der Waals surface area contributed by atoms with Gasteiger partial charge in [-0.3, -0.25) is 4.90 Å². The minimum atomic E-state index is -0.488. The van der Waals surface area contributed by atoms with E-state index >= 15 is 0 Å². The summed E-state index contributed by atoms with van der Waals surface area (Å²) in [5, 5.41) is 4.67. The van der Waals surface area contributed by atoms with E-state index in [4.69, 9.17) is 24.2 Å². The first kappa shape index (κ1) is 34.8. The number of carbonyl (C=O) groups excluding carboxylic acids is 1. The Hall–Kier alpha value is -4.05. The van der Waals surface area contributed by atoms with E-state index in [9.17, 15) is 4.79 Å². The number of piperazine rings is 1. The van der Waals surface area contributed by atoms with E-state index in [1.165, 1.54) is 0 Å². The number of methoxy groups -OCH3 is 2. The molecule has 10 nitrogen and oxygen atoms in total. The van der Waals surface area contributed by atoms with Crippen molar-refractivity contribution in [3.63, 3.8) is 0 Å². The first-order valence-electron chi connectivity index (χ1n) is 16.6. The Kier molecular flexibility index (Phi) is 12.1. The van der Waals surface area contributed by atoms with Crippen molar-refractivity contribution in [2.45, 2.75) is 79.5 Å². The SMILES string of the molecule is CC.CCCCc1nc2c(NCc3ccc(OC)cc3OC)nc3ccccc3c2n1CCN1CCN(C(=O)OC(C)(C)C)CC1.[HH]. The number of aromatic nitrogens is 3. The zero-order chi connectivity index (χ0) is 33.3. The van der Waals surface area contributed by atoms with E-state index in [1.807, 2.05) is 63.8 Å². The summed E-state index contributed by atoms with van der Waals surface area (Å²) in [6, 6.07) is 14.1. The van der Waals surface area contributed by atoms with Gasteiger partial charge in [0.1, 0.15) is 28.4 Å². The van der Waals surface area contributed by atoms with Crippen LogP contribution in [0, 0.1) is 0 Å². The van der Waals surface area contributed by atoms with Gasteiger partial charge < -0.3 is 29.0 Å². The number of hydrogen-bond donors (Lipinski definition) is 1. The lowest BCUT2D eigenvalue weighted by Gasteiger charge is -2.35. The maximum Gasteiger partial charge on any atom is 0.410 e. The Morgan fingerprint density at radius 3 is 2.39 bits per heavy atom. The summed E-state index contributed by atoms with van der Waals surface area (Å²) in [4.78, 5) is 27.1. The van der Waals surface area contributed by atoms with E-state index in [2.05, 4.69) is 39.9 Å². The number of imidazole rings is 1. The second-order valence-electron chi connectivity index (χ2n) is 12.3. The van der Waals surface area contributed by atoms with Gasteiger partial charge in [-0.15, -0.1) is 0 Å². The molecule has 0 bridgehead atoms. The van der Waals surface area contributed by atoms with Gasteiger partial charge in [-0.25, -0.2) is 14.8 Å². The molecule has 3 heterocycles. The molecule has 1 amide bonds. The summed E-state index contributed by atoms with van der Waals surface area (Å²) in [6.45, 7) is 17.1. The Labute approximate surface area is 275 Å². The number of anilines is 1. The van der Waals surface area contributed by atoms with Crippen molar-refractivity contribution in [3.8, 4) is 11.5 Å². The number of amides is 1. The molecule has 1 saturated heterocycles. The fourth-order valence-corrected chi connectivity index (χ4v) is 5.67. The van der Waals surface area contributed by atoms with E-state index in [0.29, 0.717) is 19.6 Å². The summed E-state index contributed by atoms with van der Waals surface area (Å²) >= 11 is 0. The van der Waals surface area contributed by atoms with Gasteiger partial charge in [0.25, 0.3) is 0 Å². The van der Waals surface area contributed by atoms with Gasteiger partial charge in [0.15, 0.2) is 5.82 Å². The second kappa shape index (κ2) is 16.0. The predicted octanol–water partition coefficient (Wildman–Crippen LogP) is 7.38. The van der Waals surface area contributed by atoms with E-state index in [1.54, 1.807) is 14.2 Å². The summed E-state index contributed by atoms with van der Waals surface area (Å²) in [5.74, 6) is 3.36. The van der Waals surface area contributed by atoms with Gasteiger partial charge in [-0.05, 0) is 45.4 Å².